The van der Waals surface area contributed by atoms with Crippen LogP contribution in [0.25, 0.3) is 11.4 Å². The first-order valence-electron chi connectivity index (χ1n) is 6.85. The Kier molecular flexibility index (Phi) is 3.42. The molecule has 0 amide bonds. The third-order valence-corrected chi connectivity index (χ3v) is 4.09. The largest absolute Gasteiger partial charge is 0.343 e. The van der Waals surface area contributed by atoms with Gasteiger partial charge in [-0.3, -0.25) is 4.98 Å². The van der Waals surface area contributed by atoms with Crippen molar-refractivity contribution >= 4 is 12.2 Å². The Labute approximate surface area is 118 Å². The number of rotatable bonds is 2. The third kappa shape index (κ3) is 2.32. The average Bonchev–Trinajstić information content (AvgIpc) is 2.47. The molecule has 1 aliphatic rings. The number of fused-ring (bicyclic) bond motifs is 1. The summed E-state index contributed by atoms with van der Waals surface area (Å²) in [6, 6.07) is 2.02. The molecule has 0 radical (unpaired) electrons. The van der Waals surface area contributed by atoms with E-state index in [9.17, 15) is 0 Å². The van der Waals surface area contributed by atoms with E-state index < -0.39 is 0 Å². The van der Waals surface area contributed by atoms with Gasteiger partial charge >= 0.3 is 0 Å². The fraction of sp³-hybridized carbons (Fsp3) is 0.400. The highest BCUT2D eigenvalue weighted by Crippen LogP contribution is 2.25. The highest BCUT2D eigenvalue weighted by Gasteiger charge is 2.15. The molecule has 2 heterocycles. The number of hydrogen-bond donors (Lipinski definition) is 1. The van der Waals surface area contributed by atoms with Crippen LogP contribution in [0.15, 0.2) is 18.5 Å². The number of nitrogens with zero attached hydrogens (tertiary/aromatic N) is 2. The molecule has 0 atom stereocenters. The second-order valence-electron chi connectivity index (χ2n) is 4.94. The molecule has 0 saturated heterocycles. The lowest BCUT2D eigenvalue weighted by atomic mass is 9.97. The second kappa shape index (κ2) is 5.21. The van der Waals surface area contributed by atoms with Crippen molar-refractivity contribution in [3.05, 3.63) is 39.9 Å². The van der Waals surface area contributed by atoms with Gasteiger partial charge in [-0.2, -0.15) is 0 Å². The Bertz CT molecular complexity index is 661. The number of nitrogens with one attached hydrogen (secondary N) is 1. The van der Waals surface area contributed by atoms with Crippen LogP contribution in [0, 0.1) is 4.64 Å². The van der Waals surface area contributed by atoms with Gasteiger partial charge in [0.15, 0.2) is 0 Å². The van der Waals surface area contributed by atoms with Gasteiger partial charge in [0.05, 0.1) is 0 Å². The van der Waals surface area contributed by atoms with Crippen LogP contribution in [0.2, 0.25) is 0 Å². The zero-order valence-electron chi connectivity index (χ0n) is 11.1. The number of aromatic nitrogens is 3. The Balaban J connectivity index is 2.16. The summed E-state index contributed by atoms with van der Waals surface area (Å²) < 4.78 is 0.766. The van der Waals surface area contributed by atoms with E-state index in [0.717, 1.165) is 35.3 Å². The topological polar surface area (TPSA) is 41.6 Å². The summed E-state index contributed by atoms with van der Waals surface area (Å²) in [6.45, 7) is 2.13. The quantitative estimate of drug-likeness (QED) is 0.848. The summed E-state index contributed by atoms with van der Waals surface area (Å²) in [6.07, 6.45) is 9.28. The molecule has 0 aliphatic heterocycles. The predicted octanol–water partition coefficient (Wildman–Crippen LogP) is 3.64. The minimum Gasteiger partial charge on any atom is -0.343 e. The van der Waals surface area contributed by atoms with E-state index in [4.69, 9.17) is 12.2 Å². The standard InChI is InChI=1S/C15H17N3S/c1-2-10-9-16-8-7-11(10)14-17-13-6-4-3-5-12(13)15(19)18-14/h7-9H,2-6H2,1H3,(H,17,18,19). The third-order valence-electron chi connectivity index (χ3n) is 3.75. The van der Waals surface area contributed by atoms with Crippen molar-refractivity contribution in [2.75, 3.05) is 0 Å². The summed E-state index contributed by atoms with van der Waals surface area (Å²) in [5.74, 6) is 0.893. The maximum absolute atomic E-state index is 5.46. The van der Waals surface area contributed by atoms with Crippen LogP contribution in [-0.2, 0) is 19.3 Å². The van der Waals surface area contributed by atoms with Crippen LogP contribution in [0.5, 0.6) is 0 Å². The van der Waals surface area contributed by atoms with Crippen LogP contribution in [0.3, 0.4) is 0 Å². The molecule has 3 rings (SSSR count). The number of pyridine rings is 1. The van der Waals surface area contributed by atoms with Gasteiger partial charge in [0.1, 0.15) is 10.5 Å². The van der Waals surface area contributed by atoms with E-state index in [1.54, 1.807) is 0 Å². The van der Waals surface area contributed by atoms with Crippen molar-refractivity contribution in [1.82, 2.24) is 15.0 Å². The SMILES string of the molecule is CCc1cnccc1-c1nc(=S)c2c([nH]1)CCCC2. The number of hydrogen-bond acceptors (Lipinski definition) is 3. The van der Waals surface area contributed by atoms with Gasteiger partial charge in [0.25, 0.3) is 0 Å². The van der Waals surface area contributed by atoms with Crippen molar-refractivity contribution < 1.29 is 0 Å². The monoisotopic (exact) mass is 271 g/mol. The number of H-pyrrole nitrogens is 1. The van der Waals surface area contributed by atoms with Crippen molar-refractivity contribution in [1.29, 1.82) is 0 Å². The van der Waals surface area contributed by atoms with Crippen LogP contribution in [0.4, 0.5) is 0 Å². The highest BCUT2D eigenvalue weighted by atomic mass is 32.1. The molecule has 2 aromatic heterocycles. The molecule has 0 bridgehead atoms. The molecule has 4 heteroatoms. The molecule has 0 fully saturated rings. The maximum atomic E-state index is 5.46. The average molecular weight is 271 g/mol. The van der Waals surface area contributed by atoms with Gasteiger partial charge < -0.3 is 4.98 Å². The molecule has 19 heavy (non-hydrogen) atoms. The zero-order valence-corrected chi connectivity index (χ0v) is 11.9. The lowest BCUT2D eigenvalue weighted by molar-refractivity contribution is 0.661. The first kappa shape index (κ1) is 12.5. The molecular formula is C15H17N3S. The summed E-state index contributed by atoms with van der Waals surface area (Å²) in [5, 5.41) is 0. The van der Waals surface area contributed by atoms with E-state index in [1.807, 2.05) is 18.5 Å². The molecular weight excluding hydrogens is 254 g/mol. The second-order valence-corrected chi connectivity index (χ2v) is 5.33. The molecule has 0 saturated carbocycles. The first-order valence-corrected chi connectivity index (χ1v) is 7.25. The Hall–Kier alpha value is -1.55. The van der Waals surface area contributed by atoms with Gasteiger partial charge in [-0.1, -0.05) is 19.1 Å². The zero-order chi connectivity index (χ0) is 13.2. The van der Waals surface area contributed by atoms with E-state index >= 15 is 0 Å². The Morgan fingerprint density at radius 3 is 3.00 bits per heavy atom. The van der Waals surface area contributed by atoms with Crippen LogP contribution >= 0.6 is 12.2 Å². The van der Waals surface area contributed by atoms with Crippen LogP contribution in [-0.4, -0.2) is 15.0 Å². The number of aryl methyl sites for hydroxylation is 2. The summed E-state index contributed by atoms with van der Waals surface area (Å²) >= 11 is 5.46. The fourth-order valence-corrected chi connectivity index (χ4v) is 3.00. The maximum Gasteiger partial charge on any atom is 0.139 e. The molecule has 3 nitrogen and oxygen atoms in total. The van der Waals surface area contributed by atoms with Crippen LogP contribution in [0.1, 0.15) is 36.6 Å². The van der Waals surface area contributed by atoms with Gasteiger partial charge in [-0.25, -0.2) is 4.98 Å². The first-order chi connectivity index (χ1) is 9.29. The molecule has 0 spiro atoms. The van der Waals surface area contributed by atoms with Crippen molar-refractivity contribution in [2.45, 2.75) is 39.0 Å². The number of aromatic amines is 1. The Morgan fingerprint density at radius 1 is 1.32 bits per heavy atom. The molecule has 2 aromatic rings. The lowest BCUT2D eigenvalue weighted by Gasteiger charge is -2.17. The molecule has 1 aliphatic carbocycles. The van der Waals surface area contributed by atoms with E-state index in [2.05, 4.69) is 21.9 Å². The molecule has 98 valence electrons. The Morgan fingerprint density at radius 2 is 2.16 bits per heavy atom. The van der Waals surface area contributed by atoms with Gasteiger partial charge in [-0.15, -0.1) is 0 Å². The molecule has 1 N–H and O–H groups in total. The lowest BCUT2D eigenvalue weighted by Crippen LogP contribution is -2.09. The van der Waals surface area contributed by atoms with Crippen molar-refractivity contribution in [3.8, 4) is 11.4 Å². The van der Waals surface area contributed by atoms with E-state index in [-0.39, 0.29) is 0 Å². The molecule has 0 aromatic carbocycles. The van der Waals surface area contributed by atoms with Crippen LogP contribution < -0.4 is 0 Å². The minimum atomic E-state index is 0.766. The van der Waals surface area contributed by atoms with Gasteiger partial charge in [-0.05, 0) is 43.7 Å². The molecule has 0 unspecified atom stereocenters. The predicted molar refractivity (Wildman–Crippen MR) is 78.7 cm³/mol. The van der Waals surface area contributed by atoms with E-state index in [1.165, 1.54) is 29.7 Å². The summed E-state index contributed by atoms with van der Waals surface area (Å²) in [5.41, 5.74) is 4.85. The fourth-order valence-electron chi connectivity index (χ4n) is 2.69. The van der Waals surface area contributed by atoms with Gasteiger partial charge in [0, 0.05) is 29.2 Å². The smallest absolute Gasteiger partial charge is 0.139 e. The normalized spacial score (nSPS) is 14.2. The van der Waals surface area contributed by atoms with Crippen molar-refractivity contribution in [3.63, 3.8) is 0 Å². The summed E-state index contributed by atoms with van der Waals surface area (Å²) in [7, 11) is 0. The van der Waals surface area contributed by atoms with Gasteiger partial charge in [0.2, 0.25) is 0 Å². The summed E-state index contributed by atoms with van der Waals surface area (Å²) in [4.78, 5) is 12.3. The minimum absolute atomic E-state index is 0.766. The van der Waals surface area contributed by atoms with E-state index in [0.29, 0.717) is 0 Å². The van der Waals surface area contributed by atoms with Crippen molar-refractivity contribution in [2.24, 2.45) is 0 Å². The highest BCUT2D eigenvalue weighted by molar-refractivity contribution is 7.71.